The van der Waals surface area contributed by atoms with E-state index in [2.05, 4.69) is 19.2 Å². The van der Waals surface area contributed by atoms with Crippen LogP contribution >= 0.6 is 0 Å². The van der Waals surface area contributed by atoms with Crippen molar-refractivity contribution in [1.82, 2.24) is 5.32 Å². The average Bonchev–Trinajstić information content (AvgIpc) is 2.95. The molecule has 0 saturated heterocycles. The van der Waals surface area contributed by atoms with E-state index in [0.29, 0.717) is 29.7 Å². The molecule has 8 heteroatoms. The second kappa shape index (κ2) is 15.4. The molecule has 1 heterocycles. The highest BCUT2D eigenvalue weighted by Gasteiger charge is 2.41. The highest BCUT2D eigenvalue weighted by atomic mass is 19.1. The summed E-state index contributed by atoms with van der Waals surface area (Å²) in [5.74, 6) is -1.99. The SMILES string of the molecule is CCN.C\C=C/C(F)=C(\C=C\O)C1C(CC(=O)OCC)=C(COC)NC2=C1C(=O)CC(C)(CC)CC2. The summed E-state index contributed by atoms with van der Waals surface area (Å²) >= 11 is 0. The molecule has 7 nitrogen and oxygen atoms in total. The summed E-state index contributed by atoms with van der Waals surface area (Å²) in [7, 11) is 1.53. The minimum absolute atomic E-state index is 0.0840. The molecule has 2 unspecified atom stereocenters. The van der Waals surface area contributed by atoms with Gasteiger partial charge < -0.3 is 25.6 Å². The number of carbonyl (C=O) groups excluding carboxylic acids is 2. The summed E-state index contributed by atoms with van der Waals surface area (Å²) in [4.78, 5) is 26.2. The summed E-state index contributed by atoms with van der Waals surface area (Å²) in [6.07, 6.45) is 7.29. The van der Waals surface area contributed by atoms with Crippen LogP contribution in [0.4, 0.5) is 4.39 Å². The van der Waals surface area contributed by atoms with Gasteiger partial charge in [-0.05, 0) is 56.4 Å². The second-order valence-electron chi connectivity index (χ2n) is 9.16. The van der Waals surface area contributed by atoms with Crippen LogP contribution in [0.1, 0.15) is 66.7 Å². The van der Waals surface area contributed by atoms with E-state index >= 15 is 4.39 Å². The molecular weight excluding hydrogens is 463 g/mol. The number of nitrogens with one attached hydrogen (secondary N) is 1. The first kappa shape index (κ1) is 31.3. The van der Waals surface area contributed by atoms with Crippen LogP contribution in [0.5, 0.6) is 0 Å². The summed E-state index contributed by atoms with van der Waals surface area (Å²) in [5.41, 5.74) is 7.07. The lowest BCUT2D eigenvalue weighted by Crippen LogP contribution is -2.34. The molecule has 0 aromatic heterocycles. The maximum atomic E-state index is 15.3. The van der Waals surface area contributed by atoms with Crippen LogP contribution in [0, 0.1) is 11.3 Å². The van der Waals surface area contributed by atoms with Gasteiger partial charge in [-0.25, -0.2) is 4.39 Å². The number of methoxy groups -OCH3 is 1. The number of ketones is 1. The third kappa shape index (κ3) is 8.17. The van der Waals surface area contributed by atoms with Crippen LogP contribution in [0.3, 0.4) is 0 Å². The number of hydrogen-bond acceptors (Lipinski definition) is 7. The Kier molecular flexibility index (Phi) is 13.4. The van der Waals surface area contributed by atoms with Crippen molar-refractivity contribution in [2.45, 2.75) is 66.7 Å². The van der Waals surface area contributed by atoms with Crippen molar-refractivity contribution >= 4 is 11.8 Å². The van der Waals surface area contributed by atoms with E-state index in [-0.39, 0.29) is 36.4 Å². The molecule has 0 amide bonds. The quantitative estimate of drug-likeness (QED) is 0.220. The fourth-order valence-electron chi connectivity index (χ4n) is 4.51. The maximum Gasteiger partial charge on any atom is 0.310 e. The first-order valence-corrected chi connectivity index (χ1v) is 12.6. The number of ether oxygens (including phenoxy) is 2. The van der Waals surface area contributed by atoms with Crippen molar-refractivity contribution in [2.75, 3.05) is 26.9 Å². The third-order valence-corrected chi connectivity index (χ3v) is 6.45. The Hall–Kier alpha value is -2.71. The lowest BCUT2D eigenvalue weighted by Gasteiger charge is -2.33. The Morgan fingerprint density at radius 2 is 1.97 bits per heavy atom. The van der Waals surface area contributed by atoms with E-state index in [1.807, 2.05) is 6.92 Å². The zero-order chi connectivity index (χ0) is 27.3. The average molecular weight is 507 g/mol. The minimum Gasteiger partial charge on any atom is -0.516 e. The summed E-state index contributed by atoms with van der Waals surface area (Å²) in [6.45, 7) is 10.6. The van der Waals surface area contributed by atoms with Crippen molar-refractivity contribution in [3.63, 3.8) is 0 Å². The van der Waals surface area contributed by atoms with Crippen LogP contribution in [-0.4, -0.2) is 43.7 Å². The van der Waals surface area contributed by atoms with E-state index in [9.17, 15) is 14.7 Å². The van der Waals surface area contributed by atoms with Crippen molar-refractivity contribution in [2.24, 2.45) is 17.1 Å². The normalized spacial score (nSPS) is 23.1. The van der Waals surface area contributed by atoms with Gasteiger partial charge in [0.2, 0.25) is 0 Å². The number of rotatable bonds is 9. The molecule has 0 radical (unpaired) electrons. The Morgan fingerprint density at radius 1 is 1.31 bits per heavy atom. The number of aliphatic hydroxyl groups is 1. The lowest BCUT2D eigenvalue weighted by atomic mass is 9.74. The standard InChI is InChI=1S/C26H36FNO5.C2H7N/c1-6-9-19(27)17(11-13-29)24-18(14-23(31)33-8-3)21(16-32-5)28-20-10-12-26(4,7-2)15-22(30)25(20)24;1-2-3/h6,9,11,13,24,28-29H,7-8,10,12,14-16H2,1-5H3;2-3H2,1H3/b9-6-,13-11+,19-17-;. The van der Waals surface area contributed by atoms with E-state index in [1.54, 1.807) is 19.9 Å². The van der Waals surface area contributed by atoms with Gasteiger partial charge in [-0.1, -0.05) is 33.3 Å². The van der Waals surface area contributed by atoms with Crippen molar-refractivity contribution in [1.29, 1.82) is 0 Å². The number of dihydropyridines is 1. The molecule has 36 heavy (non-hydrogen) atoms. The van der Waals surface area contributed by atoms with Crippen LogP contribution in [0.15, 0.2) is 58.4 Å². The van der Waals surface area contributed by atoms with E-state index in [4.69, 9.17) is 15.2 Å². The van der Waals surface area contributed by atoms with Gasteiger partial charge in [0.1, 0.15) is 5.83 Å². The Bertz CT molecular complexity index is 932. The Balaban J connectivity index is 0.00000205. The van der Waals surface area contributed by atoms with Crippen molar-refractivity contribution in [3.05, 3.63) is 58.4 Å². The highest BCUT2D eigenvalue weighted by Crippen LogP contribution is 2.46. The van der Waals surface area contributed by atoms with Gasteiger partial charge in [-0.3, -0.25) is 9.59 Å². The van der Waals surface area contributed by atoms with Crippen LogP contribution in [0.2, 0.25) is 0 Å². The number of carbonyl (C=O) groups is 2. The largest absolute Gasteiger partial charge is 0.516 e. The monoisotopic (exact) mass is 506 g/mol. The Morgan fingerprint density at radius 3 is 2.50 bits per heavy atom. The highest BCUT2D eigenvalue weighted by molar-refractivity contribution is 5.99. The fraction of sp³-hybridized carbons (Fsp3) is 0.571. The molecule has 0 aromatic carbocycles. The zero-order valence-corrected chi connectivity index (χ0v) is 22.6. The number of allylic oxidation sites excluding steroid dienone is 7. The molecule has 2 rings (SSSR count). The van der Waals surface area contributed by atoms with Crippen LogP contribution < -0.4 is 11.1 Å². The van der Waals surface area contributed by atoms with E-state index < -0.39 is 17.7 Å². The molecule has 0 saturated carbocycles. The fourth-order valence-corrected chi connectivity index (χ4v) is 4.51. The zero-order valence-electron chi connectivity index (χ0n) is 22.6. The first-order valence-electron chi connectivity index (χ1n) is 12.6. The number of nitrogens with two attached hydrogens (primary N) is 1. The predicted octanol–water partition coefficient (Wildman–Crippen LogP) is 5.32. The second-order valence-corrected chi connectivity index (χ2v) is 9.16. The topological polar surface area (TPSA) is 111 Å². The van der Waals surface area contributed by atoms with Gasteiger partial charge in [-0.2, -0.15) is 0 Å². The summed E-state index contributed by atoms with van der Waals surface area (Å²) in [6, 6.07) is 0. The van der Waals surface area contributed by atoms with Crippen LogP contribution in [0.25, 0.3) is 0 Å². The van der Waals surface area contributed by atoms with Gasteiger partial charge in [-0.15, -0.1) is 0 Å². The molecule has 202 valence electrons. The molecular formula is C28H43FN2O5. The summed E-state index contributed by atoms with van der Waals surface area (Å²) < 4.78 is 25.9. The third-order valence-electron chi connectivity index (χ3n) is 6.45. The smallest absolute Gasteiger partial charge is 0.310 e. The first-order chi connectivity index (χ1) is 17.2. The molecule has 2 aliphatic rings. The van der Waals surface area contributed by atoms with Gasteiger partial charge >= 0.3 is 5.97 Å². The van der Waals surface area contributed by atoms with Gasteiger partial charge in [0, 0.05) is 42.0 Å². The van der Waals surface area contributed by atoms with Crippen LogP contribution in [-0.2, 0) is 19.1 Å². The minimum atomic E-state index is -0.845. The maximum absolute atomic E-state index is 15.3. The van der Waals surface area contributed by atoms with E-state index in [1.165, 1.54) is 19.3 Å². The molecule has 0 aromatic rings. The Labute approximate surface area is 215 Å². The van der Waals surface area contributed by atoms with Gasteiger partial charge in [0.15, 0.2) is 5.78 Å². The molecule has 1 aliphatic carbocycles. The molecule has 4 N–H and O–H groups in total. The molecule has 1 aliphatic heterocycles. The number of aliphatic hydroxyl groups excluding tert-OH is 1. The lowest BCUT2D eigenvalue weighted by molar-refractivity contribution is -0.142. The number of esters is 1. The van der Waals surface area contributed by atoms with Crippen molar-refractivity contribution in [3.8, 4) is 0 Å². The number of Topliss-reactive ketones (excluding diaryl/α,β-unsaturated/α-hetero) is 1. The summed E-state index contributed by atoms with van der Waals surface area (Å²) in [5, 5.41) is 12.9. The van der Waals surface area contributed by atoms with Gasteiger partial charge in [0.05, 0.1) is 25.9 Å². The van der Waals surface area contributed by atoms with E-state index in [0.717, 1.165) is 31.3 Å². The van der Waals surface area contributed by atoms with Gasteiger partial charge in [0.25, 0.3) is 0 Å². The molecule has 0 spiro atoms. The molecule has 0 fully saturated rings. The van der Waals surface area contributed by atoms with Crippen molar-refractivity contribution < 1.29 is 28.6 Å². The molecule has 0 bridgehead atoms. The predicted molar refractivity (Wildman–Crippen MR) is 141 cm³/mol. The number of hydrogen-bond donors (Lipinski definition) is 3. The molecule has 2 atom stereocenters. The number of halogens is 1.